The average molecular weight is 480 g/mol. The minimum absolute atomic E-state index is 0.0388. The van der Waals surface area contributed by atoms with E-state index >= 15 is 0 Å². The van der Waals surface area contributed by atoms with Crippen LogP contribution in [0.2, 0.25) is 0 Å². The van der Waals surface area contributed by atoms with Crippen LogP contribution in [0.25, 0.3) is 0 Å². The maximum absolute atomic E-state index is 12.3. The molecule has 0 atom stereocenters. The lowest BCUT2D eigenvalue weighted by molar-refractivity contribution is -0.384. The third kappa shape index (κ3) is 7.63. The second-order valence-corrected chi connectivity index (χ2v) is 9.43. The molecule has 2 rings (SSSR count). The number of nitro groups is 1. The minimum Gasteiger partial charge on any atom is -0.495 e. The van der Waals surface area contributed by atoms with Crippen LogP contribution in [0.3, 0.4) is 0 Å². The molecule has 1 N–H and O–H groups in total. The van der Waals surface area contributed by atoms with Crippen molar-refractivity contribution in [2.45, 2.75) is 26.7 Å². The summed E-state index contributed by atoms with van der Waals surface area (Å²) in [7, 11) is -2.42. The van der Waals surface area contributed by atoms with Gasteiger partial charge in [-0.15, -0.1) is 0 Å². The molecule has 10 nitrogen and oxygen atoms in total. The van der Waals surface area contributed by atoms with Crippen molar-refractivity contribution in [3.05, 3.63) is 57.6 Å². The SMILES string of the molecule is COc1ccc([N+](=O)[O-])cc1N(CCCC(=O)NCCOc1ccc(C)cc1C)S(C)(=O)=O. The summed E-state index contributed by atoms with van der Waals surface area (Å²) in [4.78, 5) is 22.6. The molecule has 11 heteroatoms. The van der Waals surface area contributed by atoms with Crippen molar-refractivity contribution in [3.63, 3.8) is 0 Å². The number of hydrogen-bond donors (Lipinski definition) is 1. The number of carbonyl (C=O) groups excluding carboxylic acids is 1. The van der Waals surface area contributed by atoms with E-state index in [-0.39, 0.29) is 42.4 Å². The van der Waals surface area contributed by atoms with Crippen LogP contribution in [0.5, 0.6) is 11.5 Å². The Labute approximate surface area is 193 Å². The third-order valence-corrected chi connectivity index (χ3v) is 6.00. The highest BCUT2D eigenvalue weighted by Crippen LogP contribution is 2.33. The molecular formula is C22H29N3O7S. The molecule has 0 fully saturated rings. The van der Waals surface area contributed by atoms with Gasteiger partial charge in [0.15, 0.2) is 0 Å². The Morgan fingerprint density at radius 1 is 1.15 bits per heavy atom. The standard InChI is InChI=1S/C22H29N3O7S/c1-16-7-9-20(17(2)14-16)32-13-11-23-22(26)6-5-12-24(33(4,29)30)19-15-18(25(27)28)8-10-21(19)31-3/h7-10,14-15H,5-6,11-13H2,1-4H3,(H,23,26). The van der Waals surface area contributed by atoms with Gasteiger partial charge in [-0.3, -0.25) is 19.2 Å². The van der Waals surface area contributed by atoms with Crippen LogP contribution >= 0.6 is 0 Å². The lowest BCUT2D eigenvalue weighted by Gasteiger charge is -2.24. The predicted molar refractivity (Wildman–Crippen MR) is 125 cm³/mol. The largest absolute Gasteiger partial charge is 0.495 e. The first-order chi connectivity index (χ1) is 15.5. The number of non-ortho nitro benzene ring substituents is 1. The van der Waals surface area contributed by atoms with Gasteiger partial charge in [-0.2, -0.15) is 0 Å². The Kier molecular flexibility index (Phi) is 9.03. The predicted octanol–water partition coefficient (Wildman–Crippen LogP) is 2.96. The maximum atomic E-state index is 12.3. The monoisotopic (exact) mass is 479 g/mol. The van der Waals surface area contributed by atoms with Gasteiger partial charge in [-0.1, -0.05) is 17.7 Å². The molecular weight excluding hydrogens is 450 g/mol. The van der Waals surface area contributed by atoms with Crippen LogP contribution in [0.15, 0.2) is 36.4 Å². The number of nitrogens with one attached hydrogen (secondary N) is 1. The summed E-state index contributed by atoms with van der Waals surface area (Å²) in [6, 6.07) is 9.56. The lowest BCUT2D eigenvalue weighted by atomic mass is 10.1. The number of nitrogens with zero attached hydrogens (tertiary/aromatic N) is 2. The zero-order chi connectivity index (χ0) is 24.6. The van der Waals surface area contributed by atoms with Crippen LogP contribution < -0.4 is 19.1 Å². The van der Waals surface area contributed by atoms with E-state index in [1.165, 1.54) is 19.2 Å². The highest BCUT2D eigenvalue weighted by atomic mass is 32.2. The van der Waals surface area contributed by atoms with Crippen LogP contribution in [0, 0.1) is 24.0 Å². The minimum atomic E-state index is -3.77. The molecule has 0 spiro atoms. The van der Waals surface area contributed by atoms with E-state index in [4.69, 9.17) is 9.47 Å². The Hall–Kier alpha value is -3.34. The Balaban J connectivity index is 1.91. The zero-order valence-corrected chi connectivity index (χ0v) is 20.0. The zero-order valence-electron chi connectivity index (χ0n) is 19.2. The van der Waals surface area contributed by atoms with Gasteiger partial charge in [0.2, 0.25) is 15.9 Å². The van der Waals surface area contributed by atoms with Gasteiger partial charge in [-0.25, -0.2) is 8.42 Å². The van der Waals surface area contributed by atoms with Crippen molar-refractivity contribution < 1.29 is 27.6 Å². The molecule has 33 heavy (non-hydrogen) atoms. The second kappa shape index (κ2) is 11.5. The summed E-state index contributed by atoms with van der Waals surface area (Å²) in [6.45, 7) is 4.52. The molecule has 0 aliphatic heterocycles. The number of methoxy groups -OCH3 is 1. The van der Waals surface area contributed by atoms with Crippen LogP contribution in [0.1, 0.15) is 24.0 Å². The van der Waals surface area contributed by atoms with Gasteiger partial charge in [0.1, 0.15) is 23.8 Å². The number of anilines is 1. The van der Waals surface area contributed by atoms with Gasteiger partial charge in [-0.05, 0) is 38.0 Å². The third-order valence-electron chi connectivity index (χ3n) is 4.82. The molecule has 0 heterocycles. The number of amides is 1. The Morgan fingerprint density at radius 2 is 1.85 bits per heavy atom. The van der Waals surface area contributed by atoms with E-state index in [9.17, 15) is 23.3 Å². The van der Waals surface area contributed by atoms with Gasteiger partial charge >= 0.3 is 0 Å². The summed E-state index contributed by atoms with van der Waals surface area (Å²) in [5.74, 6) is 0.683. The van der Waals surface area contributed by atoms with Crippen molar-refractivity contribution in [2.75, 3.05) is 37.4 Å². The molecule has 180 valence electrons. The van der Waals surface area contributed by atoms with Crippen LogP contribution in [-0.4, -0.2) is 52.3 Å². The molecule has 0 aliphatic rings. The molecule has 1 amide bonds. The Bertz CT molecular complexity index is 1100. The van der Waals surface area contributed by atoms with Crippen molar-refractivity contribution >= 4 is 27.3 Å². The van der Waals surface area contributed by atoms with E-state index in [2.05, 4.69) is 5.32 Å². The molecule has 0 aromatic heterocycles. The second-order valence-electron chi connectivity index (χ2n) is 7.52. The molecule has 0 saturated heterocycles. The summed E-state index contributed by atoms with van der Waals surface area (Å²) >= 11 is 0. The molecule has 0 radical (unpaired) electrons. The number of carbonyl (C=O) groups is 1. The number of ether oxygens (including phenoxy) is 2. The Morgan fingerprint density at radius 3 is 2.45 bits per heavy atom. The number of sulfonamides is 1. The van der Waals surface area contributed by atoms with Crippen molar-refractivity contribution in [1.29, 1.82) is 0 Å². The van der Waals surface area contributed by atoms with E-state index < -0.39 is 14.9 Å². The van der Waals surface area contributed by atoms with Crippen molar-refractivity contribution in [2.24, 2.45) is 0 Å². The molecule has 0 bridgehead atoms. The molecule has 2 aromatic rings. The summed E-state index contributed by atoms with van der Waals surface area (Å²) in [5.41, 5.74) is 1.94. The van der Waals surface area contributed by atoms with E-state index in [0.717, 1.165) is 33.5 Å². The highest BCUT2D eigenvalue weighted by Gasteiger charge is 2.24. The number of nitro benzene ring substituents is 1. The highest BCUT2D eigenvalue weighted by molar-refractivity contribution is 7.92. The fourth-order valence-electron chi connectivity index (χ4n) is 3.24. The van der Waals surface area contributed by atoms with E-state index in [1.54, 1.807) is 0 Å². The molecule has 2 aromatic carbocycles. The molecule has 0 unspecified atom stereocenters. The normalized spacial score (nSPS) is 11.0. The number of hydrogen-bond acceptors (Lipinski definition) is 7. The van der Waals surface area contributed by atoms with Crippen LogP contribution in [0.4, 0.5) is 11.4 Å². The topological polar surface area (TPSA) is 128 Å². The number of aryl methyl sites for hydroxylation is 2. The smallest absolute Gasteiger partial charge is 0.271 e. The van der Waals surface area contributed by atoms with Gasteiger partial charge in [0, 0.05) is 25.1 Å². The van der Waals surface area contributed by atoms with Gasteiger partial charge in [0.05, 0.1) is 24.8 Å². The quantitative estimate of drug-likeness (QED) is 0.282. The first-order valence-electron chi connectivity index (χ1n) is 10.3. The first kappa shape index (κ1) is 25.9. The average Bonchev–Trinajstić information content (AvgIpc) is 2.74. The molecule has 0 saturated carbocycles. The summed E-state index contributed by atoms with van der Waals surface area (Å²) in [5, 5.41) is 13.8. The summed E-state index contributed by atoms with van der Waals surface area (Å²) in [6.07, 6.45) is 1.28. The molecule has 0 aliphatic carbocycles. The van der Waals surface area contributed by atoms with Gasteiger partial charge < -0.3 is 14.8 Å². The lowest BCUT2D eigenvalue weighted by Crippen LogP contribution is -2.33. The first-order valence-corrected chi connectivity index (χ1v) is 12.1. The fraction of sp³-hybridized carbons (Fsp3) is 0.409. The summed E-state index contributed by atoms with van der Waals surface area (Å²) < 4.78 is 36.5. The van der Waals surface area contributed by atoms with E-state index in [0.29, 0.717) is 13.2 Å². The van der Waals surface area contributed by atoms with Crippen molar-refractivity contribution in [1.82, 2.24) is 5.32 Å². The van der Waals surface area contributed by atoms with Crippen LogP contribution in [-0.2, 0) is 14.8 Å². The maximum Gasteiger partial charge on any atom is 0.271 e. The number of rotatable bonds is 12. The van der Waals surface area contributed by atoms with E-state index in [1.807, 2.05) is 32.0 Å². The van der Waals surface area contributed by atoms with Gasteiger partial charge in [0.25, 0.3) is 5.69 Å². The number of benzene rings is 2. The fourth-order valence-corrected chi connectivity index (χ4v) is 4.20. The van der Waals surface area contributed by atoms with Crippen molar-refractivity contribution in [3.8, 4) is 11.5 Å².